The van der Waals surface area contributed by atoms with E-state index in [0.29, 0.717) is 19.3 Å². The molecule has 132 valence electrons. The van der Waals surface area contributed by atoms with E-state index in [1.54, 1.807) is 0 Å². The quantitative estimate of drug-likeness (QED) is 0.723. The number of hydrogen-bond donors (Lipinski definition) is 2. The molecule has 0 aromatic carbocycles. The smallest absolute Gasteiger partial charge is 0.168 e. The molecule has 0 aromatic rings. The van der Waals surface area contributed by atoms with E-state index in [1.807, 2.05) is 6.92 Å². The van der Waals surface area contributed by atoms with Crippen LogP contribution in [-0.4, -0.2) is 34.5 Å². The van der Waals surface area contributed by atoms with E-state index < -0.39 is 16.9 Å². The number of aliphatic hydroxyl groups excluding tert-OH is 2. The Hall–Kier alpha value is -1.00. The van der Waals surface area contributed by atoms with E-state index in [0.717, 1.165) is 24.8 Å². The van der Waals surface area contributed by atoms with Crippen LogP contribution in [0.2, 0.25) is 0 Å². The maximum Gasteiger partial charge on any atom is 0.168 e. The van der Waals surface area contributed by atoms with Crippen molar-refractivity contribution in [3.05, 3.63) is 12.2 Å². The van der Waals surface area contributed by atoms with Crippen LogP contribution in [0.5, 0.6) is 0 Å². The molecule has 5 rings (SSSR count). The highest BCUT2D eigenvalue weighted by molar-refractivity contribution is 5.93. The van der Waals surface area contributed by atoms with Gasteiger partial charge < -0.3 is 10.2 Å². The maximum atomic E-state index is 13.0. The molecule has 24 heavy (non-hydrogen) atoms. The zero-order valence-electron chi connectivity index (χ0n) is 14.7. The third-order valence-electron chi connectivity index (χ3n) is 8.46. The van der Waals surface area contributed by atoms with Crippen molar-refractivity contribution in [2.24, 2.45) is 34.0 Å². The summed E-state index contributed by atoms with van der Waals surface area (Å²) in [4.78, 5) is 25.5. The minimum absolute atomic E-state index is 0.0124. The highest BCUT2D eigenvalue weighted by atomic mass is 16.3. The van der Waals surface area contributed by atoms with Gasteiger partial charge in [0.05, 0.1) is 12.0 Å². The number of Topliss-reactive ketones (excluding diaryl/α,β-unsaturated/α-hetero) is 2. The molecule has 4 heteroatoms. The fraction of sp³-hybridized carbons (Fsp3) is 0.800. The first kappa shape index (κ1) is 16.5. The van der Waals surface area contributed by atoms with Crippen molar-refractivity contribution >= 4 is 11.6 Å². The van der Waals surface area contributed by atoms with Crippen molar-refractivity contribution in [2.45, 2.75) is 58.5 Å². The average molecular weight is 332 g/mol. The SMILES string of the molecule is C=C1C[C@@]23CC[C@H]4[C@@](C)(CCC(=O)[C@]4(C)CO)[C@@H]2C[C@@H]1[C@H](O)C3=O. The van der Waals surface area contributed by atoms with Gasteiger partial charge in [-0.1, -0.05) is 26.0 Å². The summed E-state index contributed by atoms with van der Waals surface area (Å²) in [6.45, 7) is 8.17. The third-order valence-corrected chi connectivity index (χ3v) is 8.46. The second kappa shape index (κ2) is 4.79. The average Bonchev–Trinajstić information content (AvgIpc) is 2.55. The van der Waals surface area contributed by atoms with Crippen LogP contribution >= 0.6 is 0 Å². The lowest BCUT2D eigenvalue weighted by molar-refractivity contribution is -0.198. The van der Waals surface area contributed by atoms with Crippen molar-refractivity contribution in [3.8, 4) is 0 Å². The lowest BCUT2D eigenvalue weighted by Gasteiger charge is -2.67. The molecule has 0 amide bonds. The first-order chi connectivity index (χ1) is 11.2. The van der Waals surface area contributed by atoms with Crippen LogP contribution < -0.4 is 0 Å². The lowest BCUT2D eigenvalue weighted by Crippen LogP contribution is -2.67. The largest absolute Gasteiger partial charge is 0.395 e. The highest BCUT2D eigenvalue weighted by Gasteiger charge is 2.69. The van der Waals surface area contributed by atoms with E-state index in [-0.39, 0.29) is 41.3 Å². The molecule has 5 aliphatic carbocycles. The van der Waals surface area contributed by atoms with Crippen molar-refractivity contribution in [3.63, 3.8) is 0 Å². The van der Waals surface area contributed by atoms with Gasteiger partial charge in [-0.05, 0) is 49.4 Å². The normalized spacial score (nSPS) is 53.8. The molecule has 0 aromatic heterocycles. The van der Waals surface area contributed by atoms with Crippen molar-refractivity contribution in [1.82, 2.24) is 0 Å². The zero-order chi connectivity index (χ0) is 17.5. The molecule has 0 heterocycles. The molecule has 0 saturated heterocycles. The Morgan fingerprint density at radius 3 is 2.58 bits per heavy atom. The van der Waals surface area contributed by atoms with E-state index in [2.05, 4.69) is 13.5 Å². The van der Waals surface area contributed by atoms with Gasteiger partial charge in [0.15, 0.2) is 5.78 Å². The number of rotatable bonds is 1. The molecule has 2 N–H and O–H groups in total. The molecule has 0 unspecified atom stereocenters. The first-order valence-electron chi connectivity index (χ1n) is 9.25. The summed E-state index contributed by atoms with van der Waals surface area (Å²) < 4.78 is 0. The summed E-state index contributed by atoms with van der Waals surface area (Å²) in [6.07, 6.45) is 3.37. The van der Waals surface area contributed by atoms with E-state index in [1.165, 1.54) is 0 Å². The van der Waals surface area contributed by atoms with Crippen LogP contribution in [0.3, 0.4) is 0 Å². The van der Waals surface area contributed by atoms with Crippen LogP contribution in [0.1, 0.15) is 52.4 Å². The Morgan fingerprint density at radius 2 is 1.92 bits per heavy atom. The van der Waals surface area contributed by atoms with Gasteiger partial charge in [-0.2, -0.15) is 0 Å². The zero-order valence-corrected chi connectivity index (χ0v) is 14.7. The minimum Gasteiger partial charge on any atom is -0.395 e. The first-order valence-corrected chi connectivity index (χ1v) is 9.25. The number of fused-ring (bicyclic) bond motifs is 3. The number of ketones is 2. The fourth-order valence-electron chi connectivity index (χ4n) is 7.11. The third kappa shape index (κ3) is 1.67. The molecule has 4 nitrogen and oxygen atoms in total. The number of carbonyl (C=O) groups excluding carboxylic acids is 2. The standard InChI is InChI=1S/C20H28O4/c1-11-9-20-7-4-13-18(2,6-5-15(22)19(13,3)10-21)14(20)8-12(11)16(23)17(20)24/h12-14,16,21,23H,1,4-10H2,2-3H3/t12-,13-,14-,16-,18+,19+,20-/m0/s1. The second-order valence-corrected chi connectivity index (χ2v) is 9.29. The Balaban J connectivity index is 1.81. The predicted octanol–water partition coefficient (Wildman–Crippen LogP) is 2.28. The van der Waals surface area contributed by atoms with Gasteiger partial charge in [0.2, 0.25) is 0 Å². The molecular formula is C20H28O4. The molecule has 1 spiro atoms. The van der Waals surface area contributed by atoms with Gasteiger partial charge in [-0.25, -0.2) is 0 Å². The molecule has 2 bridgehead atoms. The summed E-state index contributed by atoms with van der Waals surface area (Å²) in [6, 6.07) is 0. The van der Waals surface area contributed by atoms with Gasteiger partial charge in [0.1, 0.15) is 11.9 Å². The van der Waals surface area contributed by atoms with E-state index in [4.69, 9.17) is 0 Å². The van der Waals surface area contributed by atoms with E-state index in [9.17, 15) is 19.8 Å². The number of aliphatic hydroxyl groups is 2. The van der Waals surface area contributed by atoms with E-state index >= 15 is 0 Å². The Bertz CT molecular complexity index is 640. The molecular weight excluding hydrogens is 304 g/mol. The van der Waals surface area contributed by atoms with Crippen LogP contribution in [-0.2, 0) is 9.59 Å². The fourth-order valence-corrected chi connectivity index (χ4v) is 7.11. The van der Waals surface area contributed by atoms with Gasteiger partial charge in [-0.3, -0.25) is 9.59 Å². The summed E-state index contributed by atoms with van der Waals surface area (Å²) in [5, 5.41) is 20.4. The van der Waals surface area contributed by atoms with Crippen molar-refractivity contribution in [2.75, 3.05) is 6.61 Å². The van der Waals surface area contributed by atoms with Crippen molar-refractivity contribution < 1.29 is 19.8 Å². The van der Waals surface area contributed by atoms with Gasteiger partial charge >= 0.3 is 0 Å². The van der Waals surface area contributed by atoms with Crippen LogP contribution in [0.4, 0.5) is 0 Å². The molecule has 5 saturated carbocycles. The van der Waals surface area contributed by atoms with Gasteiger partial charge in [0, 0.05) is 17.8 Å². The monoisotopic (exact) mass is 332 g/mol. The molecule has 0 radical (unpaired) electrons. The van der Waals surface area contributed by atoms with Crippen LogP contribution in [0.15, 0.2) is 12.2 Å². The molecule has 0 aliphatic heterocycles. The second-order valence-electron chi connectivity index (χ2n) is 9.29. The van der Waals surface area contributed by atoms with Gasteiger partial charge in [-0.15, -0.1) is 0 Å². The molecule has 5 aliphatic rings. The number of carbonyl (C=O) groups is 2. The van der Waals surface area contributed by atoms with Crippen LogP contribution in [0, 0.1) is 34.0 Å². The van der Waals surface area contributed by atoms with Gasteiger partial charge in [0.25, 0.3) is 0 Å². The highest BCUT2D eigenvalue weighted by Crippen LogP contribution is 2.70. The Morgan fingerprint density at radius 1 is 1.21 bits per heavy atom. The number of hydrogen-bond acceptors (Lipinski definition) is 4. The Kier molecular flexibility index (Phi) is 3.29. The molecule has 7 atom stereocenters. The Labute approximate surface area is 143 Å². The summed E-state index contributed by atoms with van der Waals surface area (Å²) >= 11 is 0. The topological polar surface area (TPSA) is 74.6 Å². The molecule has 5 fully saturated rings. The summed E-state index contributed by atoms with van der Waals surface area (Å²) in [5.41, 5.74) is -0.285. The van der Waals surface area contributed by atoms with Crippen LogP contribution in [0.25, 0.3) is 0 Å². The predicted molar refractivity (Wildman–Crippen MR) is 89.1 cm³/mol. The maximum absolute atomic E-state index is 13.0. The lowest BCUT2D eigenvalue weighted by atomic mass is 9.36. The summed E-state index contributed by atoms with van der Waals surface area (Å²) in [5.74, 6) is 0.357. The minimum atomic E-state index is -0.892. The summed E-state index contributed by atoms with van der Waals surface area (Å²) in [7, 11) is 0. The van der Waals surface area contributed by atoms with Crippen molar-refractivity contribution in [1.29, 1.82) is 0 Å².